The van der Waals surface area contributed by atoms with Gasteiger partial charge in [0.1, 0.15) is 5.75 Å². The highest BCUT2D eigenvalue weighted by atomic mass is 19.4. The monoisotopic (exact) mass is 931 g/mol. The van der Waals surface area contributed by atoms with Gasteiger partial charge in [0.2, 0.25) is 17.7 Å². The number of hydrogen-bond donors (Lipinski definition) is 1. The van der Waals surface area contributed by atoms with Crippen molar-refractivity contribution in [3.8, 4) is 5.75 Å². The summed E-state index contributed by atoms with van der Waals surface area (Å²) in [6.45, 7) is -0.0580. The number of benzene rings is 1. The number of nitrogens with zero attached hydrogens (tertiary/aromatic N) is 2. The SMILES string of the molecule is CCN1C(=O)C2C(c3ccc(OC)cc3)N(C(=O)CNC3CCCCC3)[C@@](C)(C(=O)OCCCC(F)(F)C(F)(F)C(F)(F)C(F)(F)C(F)(F)C(F)(F)C(F)(F)C(F)(F)F)C2C1=O. The quantitative estimate of drug-likeness (QED) is 0.0727. The van der Waals surface area contributed by atoms with E-state index >= 15 is 0 Å². The third kappa shape index (κ3) is 7.69. The molecule has 4 atom stereocenters. The highest BCUT2D eigenvalue weighted by molar-refractivity contribution is 6.10. The van der Waals surface area contributed by atoms with Crippen LogP contribution in [0.25, 0.3) is 0 Å². The summed E-state index contributed by atoms with van der Waals surface area (Å²) in [5.41, 5.74) is -2.40. The normalized spacial score (nSPS) is 23.8. The molecule has 2 heterocycles. The Bertz CT molecular complexity index is 1840. The fourth-order valence-corrected chi connectivity index (χ4v) is 7.95. The molecule has 352 valence electrons. The molecule has 62 heavy (non-hydrogen) atoms. The van der Waals surface area contributed by atoms with Crippen LogP contribution < -0.4 is 10.1 Å². The van der Waals surface area contributed by atoms with Crippen molar-refractivity contribution < 1.29 is 103 Å². The first-order valence-corrected chi connectivity index (χ1v) is 18.6. The first-order valence-electron chi connectivity index (χ1n) is 18.6. The van der Waals surface area contributed by atoms with Crippen molar-refractivity contribution in [1.29, 1.82) is 0 Å². The van der Waals surface area contributed by atoms with Gasteiger partial charge in [0, 0.05) is 19.0 Å². The second-order valence-corrected chi connectivity index (χ2v) is 15.2. The lowest BCUT2D eigenvalue weighted by atomic mass is 9.80. The minimum Gasteiger partial charge on any atom is -0.497 e. The van der Waals surface area contributed by atoms with Gasteiger partial charge in [0.25, 0.3) is 0 Å². The minimum atomic E-state index is -8.78. The van der Waals surface area contributed by atoms with Crippen LogP contribution in [0.3, 0.4) is 0 Å². The molecule has 1 saturated carbocycles. The number of imide groups is 1. The maximum absolute atomic E-state index is 14.7. The first kappa shape index (κ1) is 50.5. The highest BCUT2D eigenvalue weighted by Gasteiger charge is 2.95. The zero-order valence-electron chi connectivity index (χ0n) is 32.5. The van der Waals surface area contributed by atoms with Crippen LogP contribution in [0, 0.1) is 11.8 Å². The molecular formula is C36H38F17N3O6. The van der Waals surface area contributed by atoms with Gasteiger partial charge in [0.15, 0.2) is 5.54 Å². The van der Waals surface area contributed by atoms with Gasteiger partial charge in [0.05, 0.1) is 38.1 Å². The van der Waals surface area contributed by atoms with Crippen molar-refractivity contribution in [2.45, 2.75) is 124 Å². The lowest BCUT2D eigenvalue weighted by Crippen LogP contribution is -2.74. The van der Waals surface area contributed by atoms with Crippen LogP contribution in [0.4, 0.5) is 74.6 Å². The van der Waals surface area contributed by atoms with Gasteiger partial charge in [-0.3, -0.25) is 19.3 Å². The topological polar surface area (TPSA) is 105 Å². The van der Waals surface area contributed by atoms with Gasteiger partial charge >= 0.3 is 53.6 Å². The highest BCUT2D eigenvalue weighted by Crippen LogP contribution is 2.64. The molecule has 3 amide bonds. The van der Waals surface area contributed by atoms with E-state index in [2.05, 4.69) is 5.32 Å². The Morgan fingerprint density at radius 3 is 1.73 bits per heavy atom. The van der Waals surface area contributed by atoms with E-state index in [-0.39, 0.29) is 23.9 Å². The summed E-state index contributed by atoms with van der Waals surface area (Å²) in [7, 11) is 1.31. The van der Waals surface area contributed by atoms with Crippen molar-refractivity contribution in [2.24, 2.45) is 11.8 Å². The van der Waals surface area contributed by atoms with Gasteiger partial charge in [-0.15, -0.1) is 0 Å². The average Bonchev–Trinajstić information content (AvgIpc) is 3.62. The molecule has 1 aliphatic carbocycles. The van der Waals surface area contributed by atoms with Gasteiger partial charge < -0.3 is 19.7 Å². The number of halogens is 17. The Labute approximate surface area is 340 Å². The number of likely N-dealkylation sites (tertiary alicyclic amines) is 2. The third-order valence-electron chi connectivity index (χ3n) is 11.4. The Hall–Kier alpha value is -4.13. The van der Waals surface area contributed by atoms with Crippen LogP contribution in [-0.4, -0.2) is 120 Å². The molecule has 1 aromatic carbocycles. The summed E-state index contributed by atoms with van der Waals surface area (Å²) in [6.07, 6.45) is -8.79. The molecule has 26 heteroatoms. The van der Waals surface area contributed by atoms with Crippen molar-refractivity contribution in [2.75, 3.05) is 26.8 Å². The van der Waals surface area contributed by atoms with Crippen LogP contribution in [-0.2, 0) is 23.9 Å². The molecular weight excluding hydrogens is 893 g/mol. The van der Waals surface area contributed by atoms with Crippen LogP contribution in [0.1, 0.15) is 70.4 Å². The summed E-state index contributed by atoms with van der Waals surface area (Å²) >= 11 is 0. The molecule has 1 N–H and O–H groups in total. The maximum Gasteiger partial charge on any atom is 0.460 e. The van der Waals surface area contributed by atoms with E-state index in [0.29, 0.717) is 12.8 Å². The van der Waals surface area contributed by atoms with E-state index in [1.165, 1.54) is 38.3 Å². The molecule has 2 aliphatic heterocycles. The Balaban J connectivity index is 1.64. The second kappa shape index (κ2) is 16.8. The number of nitrogens with one attached hydrogen (secondary N) is 1. The second-order valence-electron chi connectivity index (χ2n) is 15.2. The first-order chi connectivity index (χ1) is 28.2. The molecule has 3 fully saturated rings. The number of hydrogen-bond acceptors (Lipinski definition) is 7. The van der Waals surface area contributed by atoms with Crippen LogP contribution in [0.2, 0.25) is 0 Å². The number of amides is 3. The number of fused-ring (bicyclic) bond motifs is 1. The van der Waals surface area contributed by atoms with Crippen LogP contribution in [0.5, 0.6) is 5.75 Å². The fraction of sp³-hybridized carbons (Fsp3) is 0.722. The lowest BCUT2D eigenvalue weighted by Gasteiger charge is -2.42. The molecule has 2 saturated heterocycles. The van der Waals surface area contributed by atoms with Crippen LogP contribution in [0.15, 0.2) is 24.3 Å². The summed E-state index contributed by atoms with van der Waals surface area (Å²) in [5.74, 6) is -65.1. The molecule has 3 aliphatic rings. The van der Waals surface area contributed by atoms with E-state index in [9.17, 15) is 93.8 Å². The van der Waals surface area contributed by atoms with Crippen molar-refractivity contribution in [3.05, 3.63) is 29.8 Å². The third-order valence-corrected chi connectivity index (χ3v) is 11.4. The molecule has 1 aromatic rings. The Morgan fingerprint density at radius 1 is 0.742 bits per heavy atom. The number of esters is 1. The minimum absolute atomic E-state index is 0.160. The molecule has 0 spiro atoms. The predicted molar refractivity (Wildman–Crippen MR) is 176 cm³/mol. The largest absolute Gasteiger partial charge is 0.497 e. The van der Waals surface area contributed by atoms with E-state index in [1.54, 1.807) is 0 Å². The van der Waals surface area contributed by atoms with Gasteiger partial charge in [-0.1, -0.05) is 31.4 Å². The Kier molecular flexibility index (Phi) is 13.7. The smallest absolute Gasteiger partial charge is 0.460 e. The molecule has 4 rings (SSSR count). The van der Waals surface area contributed by atoms with Crippen molar-refractivity contribution >= 4 is 23.7 Å². The zero-order valence-corrected chi connectivity index (χ0v) is 32.5. The Morgan fingerprint density at radius 2 is 1.24 bits per heavy atom. The standard InChI is InChI=1S/C36H38F17N3O6/c1-4-55-25(58)22-23(26(55)59)28(2,56(21(57)17-54-19-9-6-5-7-10-19)24(22)18-11-13-20(61-3)14-12-18)27(60)62-16-8-15-29(37,38)30(39,40)31(41,42)32(43,44)33(45,46)34(47,48)35(49,50)36(51,52)53/h11-14,19,22-24,54H,4-10,15-17H2,1-3H3/t22?,23?,24?,28-/m1/s1. The number of alkyl halides is 17. The number of ether oxygens (including phenoxy) is 2. The summed E-state index contributed by atoms with van der Waals surface area (Å²) in [5, 5.41) is 3.02. The van der Waals surface area contributed by atoms with Crippen LogP contribution >= 0.6 is 0 Å². The summed E-state index contributed by atoms with van der Waals surface area (Å²) in [6, 6.07) is 3.95. The summed E-state index contributed by atoms with van der Waals surface area (Å²) < 4.78 is 244. The number of carbonyl (C=O) groups excluding carboxylic acids is 4. The molecule has 9 nitrogen and oxygen atoms in total. The lowest BCUT2D eigenvalue weighted by molar-refractivity contribution is -0.461. The van der Waals surface area contributed by atoms with E-state index < -0.39 is 121 Å². The fourth-order valence-electron chi connectivity index (χ4n) is 7.95. The number of rotatable bonds is 17. The summed E-state index contributed by atoms with van der Waals surface area (Å²) in [4.78, 5) is 57.3. The van der Waals surface area contributed by atoms with E-state index in [1.807, 2.05) is 0 Å². The van der Waals surface area contributed by atoms with Crippen molar-refractivity contribution in [1.82, 2.24) is 15.1 Å². The molecule has 0 bridgehead atoms. The number of methoxy groups -OCH3 is 1. The van der Waals surface area contributed by atoms with Gasteiger partial charge in [-0.25, -0.2) is 4.79 Å². The molecule has 0 aromatic heterocycles. The van der Waals surface area contributed by atoms with Crippen molar-refractivity contribution in [3.63, 3.8) is 0 Å². The molecule has 3 unspecified atom stereocenters. The van der Waals surface area contributed by atoms with E-state index in [4.69, 9.17) is 9.47 Å². The maximum atomic E-state index is 14.7. The van der Waals surface area contributed by atoms with Gasteiger partial charge in [-0.05, 0) is 50.8 Å². The zero-order chi connectivity index (χ0) is 47.4. The molecule has 0 radical (unpaired) electrons. The predicted octanol–water partition coefficient (Wildman–Crippen LogP) is 8.21. The number of carbonyl (C=O) groups is 4. The van der Waals surface area contributed by atoms with Gasteiger partial charge in [-0.2, -0.15) is 74.6 Å². The van der Waals surface area contributed by atoms with E-state index in [0.717, 1.165) is 36.0 Å². The average molecular weight is 932 g/mol.